The molecule has 3 N–H and O–H groups in total. The van der Waals surface area contributed by atoms with E-state index in [9.17, 15) is 14.3 Å². The lowest BCUT2D eigenvalue weighted by molar-refractivity contribution is 0.0706. The number of halogens is 1. The highest BCUT2D eigenvalue weighted by Gasteiger charge is 2.40. The van der Waals surface area contributed by atoms with Crippen LogP contribution < -0.4 is 10.2 Å². The molecule has 4 rings (SSSR count). The molecule has 0 aliphatic heterocycles. The van der Waals surface area contributed by atoms with E-state index in [-0.39, 0.29) is 23.3 Å². The van der Waals surface area contributed by atoms with Crippen molar-refractivity contribution in [2.45, 2.75) is 64.1 Å². The summed E-state index contributed by atoms with van der Waals surface area (Å²) < 4.78 is 19.7. The van der Waals surface area contributed by atoms with Gasteiger partial charge < -0.3 is 9.84 Å². The Hall–Kier alpha value is -3.66. The summed E-state index contributed by atoms with van der Waals surface area (Å²) in [6, 6.07) is 16.5. The number of amides is 1. The number of fused-ring (bicyclic) bond motifs is 1. The summed E-state index contributed by atoms with van der Waals surface area (Å²) in [6.07, 6.45) is 0.953. The van der Waals surface area contributed by atoms with Gasteiger partial charge >= 0.3 is 0 Å². The lowest BCUT2D eigenvalue weighted by Crippen LogP contribution is -2.34. The second kappa shape index (κ2) is 10.4. The molecule has 0 radical (unpaired) electrons. The zero-order chi connectivity index (χ0) is 26.8. The third kappa shape index (κ3) is 5.85. The number of aliphatic hydroxyl groups excluding tert-OH is 1. The van der Waals surface area contributed by atoms with Crippen LogP contribution in [0.15, 0.2) is 60.7 Å². The number of aliphatic hydroxyl groups is 1. The molecule has 37 heavy (non-hydrogen) atoms. The molecule has 0 bridgehead atoms. The van der Waals surface area contributed by atoms with Crippen molar-refractivity contribution >= 4 is 5.91 Å². The molecule has 1 atom stereocenters. The van der Waals surface area contributed by atoms with Crippen molar-refractivity contribution in [3.8, 4) is 17.6 Å². The van der Waals surface area contributed by atoms with E-state index in [0.717, 1.165) is 29.5 Å². The van der Waals surface area contributed by atoms with E-state index in [1.807, 2.05) is 12.1 Å². The van der Waals surface area contributed by atoms with Crippen LogP contribution in [0.3, 0.4) is 0 Å². The maximum atomic E-state index is 13.4. The molecule has 0 aromatic heterocycles. The molecule has 0 fully saturated rings. The zero-order valence-electron chi connectivity index (χ0n) is 21.6. The third-order valence-corrected chi connectivity index (χ3v) is 7.13. The standard InChI is InChI=1S/C31H32FNO4/c1-30(2)15-16-31(3,4)28-25(30)17-23(18-27(28)37-19-21-7-12-24(32)13-8-21)26(34)14-9-20-5-10-22(11-6-20)29(35)33-36/h5-8,10-13,17-18,26,34,36H,15-16,19H2,1-4H3,(H,33,35). The molecule has 6 heteroatoms. The molecular weight excluding hydrogens is 469 g/mol. The Bertz CT molecular complexity index is 1350. The molecule has 0 saturated carbocycles. The van der Waals surface area contributed by atoms with Crippen LogP contribution in [0.25, 0.3) is 0 Å². The molecule has 0 saturated heterocycles. The van der Waals surface area contributed by atoms with Gasteiger partial charge in [-0.05, 0) is 82.8 Å². The van der Waals surface area contributed by atoms with Crippen molar-refractivity contribution < 1.29 is 24.2 Å². The fourth-order valence-corrected chi connectivity index (χ4v) is 4.77. The van der Waals surface area contributed by atoms with Crippen LogP contribution in [-0.4, -0.2) is 16.2 Å². The van der Waals surface area contributed by atoms with Crippen molar-refractivity contribution in [2.24, 2.45) is 0 Å². The Morgan fingerprint density at radius 1 is 1.03 bits per heavy atom. The van der Waals surface area contributed by atoms with Crippen molar-refractivity contribution in [1.82, 2.24) is 5.48 Å². The molecule has 1 aliphatic rings. The summed E-state index contributed by atoms with van der Waals surface area (Å²) in [6.45, 7) is 9.11. The Balaban J connectivity index is 1.69. The molecule has 5 nitrogen and oxygen atoms in total. The molecule has 1 amide bonds. The number of carbonyl (C=O) groups is 1. The molecule has 0 spiro atoms. The second-order valence-electron chi connectivity index (χ2n) is 10.8. The van der Waals surface area contributed by atoms with Gasteiger partial charge in [0.2, 0.25) is 0 Å². The average Bonchev–Trinajstić information content (AvgIpc) is 2.89. The number of nitrogens with one attached hydrogen (secondary N) is 1. The van der Waals surface area contributed by atoms with Crippen molar-refractivity contribution in [2.75, 3.05) is 0 Å². The van der Waals surface area contributed by atoms with Crippen molar-refractivity contribution in [3.05, 3.63) is 99.9 Å². The largest absolute Gasteiger partial charge is 0.489 e. The fraction of sp³-hybridized carbons (Fsp3) is 0.323. The van der Waals surface area contributed by atoms with E-state index in [2.05, 4.69) is 39.5 Å². The van der Waals surface area contributed by atoms with E-state index >= 15 is 0 Å². The minimum absolute atomic E-state index is 0.106. The Morgan fingerprint density at radius 3 is 2.32 bits per heavy atom. The third-order valence-electron chi connectivity index (χ3n) is 7.13. The molecule has 1 unspecified atom stereocenters. The van der Waals surface area contributed by atoms with E-state index in [1.54, 1.807) is 41.9 Å². The smallest absolute Gasteiger partial charge is 0.274 e. The fourth-order valence-electron chi connectivity index (χ4n) is 4.77. The van der Waals surface area contributed by atoms with Gasteiger partial charge in [-0.25, -0.2) is 9.87 Å². The molecule has 3 aromatic rings. The monoisotopic (exact) mass is 501 g/mol. The van der Waals surface area contributed by atoms with Gasteiger partial charge in [0.15, 0.2) is 0 Å². The minimum Gasteiger partial charge on any atom is -0.489 e. The van der Waals surface area contributed by atoms with E-state index in [1.165, 1.54) is 12.1 Å². The van der Waals surface area contributed by atoms with Gasteiger partial charge in [-0.15, -0.1) is 0 Å². The van der Waals surface area contributed by atoms with Crippen LogP contribution in [0.4, 0.5) is 4.39 Å². The number of benzene rings is 3. The number of hydrogen-bond donors (Lipinski definition) is 3. The van der Waals surface area contributed by atoms with Gasteiger partial charge in [0.1, 0.15) is 24.3 Å². The SMILES string of the molecule is CC1(C)CCC(C)(C)c2c(OCc3ccc(F)cc3)cc(C(O)C#Cc3ccc(C(=O)NO)cc3)cc21. The predicted molar refractivity (Wildman–Crippen MR) is 140 cm³/mol. The van der Waals surface area contributed by atoms with Crippen LogP contribution in [0.5, 0.6) is 5.75 Å². The van der Waals surface area contributed by atoms with Gasteiger partial charge in [-0.3, -0.25) is 10.0 Å². The lowest BCUT2D eigenvalue weighted by atomic mass is 9.62. The first kappa shape index (κ1) is 26.4. The van der Waals surface area contributed by atoms with Crippen molar-refractivity contribution in [1.29, 1.82) is 0 Å². The highest BCUT2D eigenvalue weighted by molar-refractivity contribution is 5.93. The molecule has 0 heterocycles. The Morgan fingerprint density at radius 2 is 1.68 bits per heavy atom. The summed E-state index contributed by atoms with van der Waals surface area (Å²) in [5, 5.41) is 19.8. The quantitative estimate of drug-likeness (QED) is 0.229. The summed E-state index contributed by atoms with van der Waals surface area (Å²) in [4.78, 5) is 11.5. The first-order chi connectivity index (χ1) is 17.5. The van der Waals surface area contributed by atoms with Crippen LogP contribution in [0.2, 0.25) is 0 Å². The summed E-state index contributed by atoms with van der Waals surface area (Å²) in [7, 11) is 0. The summed E-state index contributed by atoms with van der Waals surface area (Å²) >= 11 is 0. The highest BCUT2D eigenvalue weighted by Crippen LogP contribution is 2.50. The first-order valence-corrected chi connectivity index (χ1v) is 12.3. The Labute approximate surface area is 217 Å². The zero-order valence-corrected chi connectivity index (χ0v) is 21.6. The van der Waals surface area contributed by atoms with Crippen LogP contribution in [0.1, 0.15) is 84.8 Å². The van der Waals surface area contributed by atoms with Gasteiger partial charge in [0.25, 0.3) is 5.91 Å². The molecule has 1 aliphatic carbocycles. The van der Waals surface area contributed by atoms with E-state index < -0.39 is 12.0 Å². The van der Waals surface area contributed by atoms with Gasteiger partial charge in [0, 0.05) is 16.7 Å². The topological polar surface area (TPSA) is 78.8 Å². The van der Waals surface area contributed by atoms with E-state index in [4.69, 9.17) is 9.94 Å². The first-order valence-electron chi connectivity index (χ1n) is 12.3. The van der Waals surface area contributed by atoms with Gasteiger partial charge in [-0.1, -0.05) is 57.7 Å². The summed E-state index contributed by atoms with van der Waals surface area (Å²) in [5.41, 5.74) is 6.07. The summed E-state index contributed by atoms with van der Waals surface area (Å²) in [5.74, 6) is 5.66. The predicted octanol–water partition coefficient (Wildman–Crippen LogP) is 5.96. The maximum absolute atomic E-state index is 13.4. The number of rotatable bonds is 5. The second-order valence-corrected chi connectivity index (χ2v) is 10.8. The molecule has 192 valence electrons. The van der Waals surface area contributed by atoms with Crippen LogP contribution >= 0.6 is 0 Å². The number of ether oxygens (including phenoxy) is 1. The van der Waals surface area contributed by atoms with Crippen LogP contribution in [0, 0.1) is 17.7 Å². The molecular formula is C31H32FNO4. The van der Waals surface area contributed by atoms with Crippen molar-refractivity contribution in [3.63, 3.8) is 0 Å². The molecule has 3 aromatic carbocycles. The number of hydroxylamine groups is 1. The van der Waals surface area contributed by atoms with Gasteiger partial charge in [0.05, 0.1) is 0 Å². The van der Waals surface area contributed by atoms with Crippen LogP contribution in [-0.2, 0) is 17.4 Å². The maximum Gasteiger partial charge on any atom is 0.274 e. The normalized spacial score (nSPS) is 16.1. The van der Waals surface area contributed by atoms with E-state index in [0.29, 0.717) is 22.4 Å². The Kier molecular flexibility index (Phi) is 7.40. The minimum atomic E-state index is -1.06. The highest BCUT2D eigenvalue weighted by atomic mass is 19.1. The number of carbonyl (C=O) groups excluding carboxylic acids is 1. The lowest BCUT2D eigenvalue weighted by Gasteiger charge is -2.43. The average molecular weight is 502 g/mol. The number of hydrogen-bond acceptors (Lipinski definition) is 4. The van der Waals surface area contributed by atoms with Gasteiger partial charge in [-0.2, -0.15) is 0 Å².